The van der Waals surface area contributed by atoms with Crippen molar-refractivity contribution in [2.75, 3.05) is 13.1 Å². The first-order valence-electron chi connectivity index (χ1n) is 8.73. The van der Waals surface area contributed by atoms with E-state index in [4.69, 9.17) is 0 Å². The van der Waals surface area contributed by atoms with Gasteiger partial charge < -0.3 is 15.2 Å². The van der Waals surface area contributed by atoms with E-state index in [1.54, 1.807) is 0 Å². The Balaban J connectivity index is 1.91. The highest BCUT2D eigenvalue weighted by Crippen LogP contribution is 2.21. The van der Waals surface area contributed by atoms with Gasteiger partial charge in [0.2, 0.25) is 0 Å². The maximum absolute atomic E-state index is 12.4. The summed E-state index contributed by atoms with van der Waals surface area (Å²) in [6.07, 6.45) is 5.85. The van der Waals surface area contributed by atoms with Crippen LogP contribution in [0.15, 0.2) is 10.9 Å². The molecule has 0 saturated carbocycles. The number of amides is 2. The molecular formula is C18H29N3O2. The van der Waals surface area contributed by atoms with Crippen LogP contribution in [0.5, 0.6) is 0 Å². The van der Waals surface area contributed by atoms with E-state index in [0.717, 1.165) is 43.1 Å². The number of pyridine rings is 1. The predicted molar refractivity (Wildman–Crippen MR) is 92.6 cm³/mol. The zero-order chi connectivity index (χ0) is 16.8. The molecule has 2 amide bonds. The van der Waals surface area contributed by atoms with Crippen LogP contribution in [0.25, 0.3) is 0 Å². The van der Waals surface area contributed by atoms with Crippen LogP contribution >= 0.6 is 0 Å². The number of hydrogen-bond acceptors (Lipinski definition) is 2. The molecule has 5 nitrogen and oxygen atoms in total. The molecule has 1 aromatic rings. The Morgan fingerprint density at radius 1 is 1.35 bits per heavy atom. The molecule has 1 unspecified atom stereocenters. The summed E-state index contributed by atoms with van der Waals surface area (Å²) in [5.74, 6) is 0.750. The molecule has 23 heavy (non-hydrogen) atoms. The number of aromatic nitrogens is 1. The van der Waals surface area contributed by atoms with Gasteiger partial charge in [-0.1, -0.05) is 19.8 Å². The van der Waals surface area contributed by atoms with Crippen LogP contribution < -0.4 is 10.9 Å². The molecule has 1 fully saturated rings. The third-order valence-corrected chi connectivity index (χ3v) is 4.74. The number of nitrogens with zero attached hydrogens (tertiary/aromatic N) is 1. The summed E-state index contributed by atoms with van der Waals surface area (Å²) < 4.78 is 0. The molecule has 2 rings (SSSR count). The third kappa shape index (κ3) is 4.85. The van der Waals surface area contributed by atoms with E-state index in [0.29, 0.717) is 5.56 Å². The van der Waals surface area contributed by atoms with Crippen LogP contribution in [-0.2, 0) is 6.54 Å². The minimum atomic E-state index is -0.110. The number of H-pyrrole nitrogens is 1. The van der Waals surface area contributed by atoms with Crippen LogP contribution in [0.1, 0.15) is 55.8 Å². The van der Waals surface area contributed by atoms with Gasteiger partial charge in [0, 0.05) is 24.3 Å². The van der Waals surface area contributed by atoms with E-state index < -0.39 is 0 Å². The number of urea groups is 1. The summed E-state index contributed by atoms with van der Waals surface area (Å²) >= 11 is 0. The summed E-state index contributed by atoms with van der Waals surface area (Å²) in [6, 6.07) is 1.88. The predicted octanol–water partition coefficient (Wildman–Crippen LogP) is 3.10. The molecule has 1 atom stereocenters. The Hall–Kier alpha value is -1.78. The second-order valence-electron chi connectivity index (χ2n) is 6.67. The third-order valence-electron chi connectivity index (χ3n) is 4.74. The fourth-order valence-corrected chi connectivity index (χ4v) is 3.44. The fraction of sp³-hybridized carbons (Fsp3) is 0.667. The van der Waals surface area contributed by atoms with Gasteiger partial charge in [0.05, 0.1) is 6.54 Å². The molecular weight excluding hydrogens is 290 g/mol. The highest BCUT2D eigenvalue weighted by molar-refractivity contribution is 5.74. The smallest absolute Gasteiger partial charge is 0.317 e. The van der Waals surface area contributed by atoms with Crippen molar-refractivity contribution in [1.29, 1.82) is 0 Å². The maximum atomic E-state index is 12.4. The Morgan fingerprint density at radius 2 is 2.13 bits per heavy atom. The zero-order valence-corrected chi connectivity index (χ0v) is 14.6. The average Bonchev–Trinajstić information content (AvgIpc) is 2.72. The van der Waals surface area contributed by atoms with Gasteiger partial charge in [-0.05, 0) is 50.7 Å². The maximum Gasteiger partial charge on any atom is 0.317 e. The van der Waals surface area contributed by atoms with Gasteiger partial charge >= 0.3 is 6.03 Å². The van der Waals surface area contributed by atoms with Crippen LogP contribution in [0.2, 0.25) is 0 Å². The summed E-state index contributed by atoms with van der Waals surface area (Å²) in [7, 11) is 0. The van der Waals surface area contributed by atoms with E-state index in [-0.39, 0.29) is 18.1 Å². The molecule has 2 heterocycles. The standard InChI is InChI=1S/C18H29N3O2/c1-4-6-15-7-5-9-21(10-8-15)18(23)19-12-16-13(2)11-14(3)20-17(16)22/h11,15H,4-10,12H2,1-3H3,(H,19,23)(H,20,22). The van der Waals surface area contributed by atoms with Crippen molar-refractivity contribution in [3.8, 4) is 0 Å². The monoisotopic (exact) mass is 319 g/mol. The van der Waals surface area contributed by atoms with E-state index in [1.807, 2.05) is 24.8 Å². The summed E-state index contributed by atoms with van der Waals surface area (Å²) in [6.45, 7) is 7.91. The minimum Gasteiger partial charge on any atom is -0.334 e. The molecule has 5 heteroatoms. The Morgan fingerprint density at radius 3 is 2.83 bits per heavy atom. The lowest BCUT2D eigenvalue weighted by Gasteiger charge is -2.21. The van der Waals surface area contributed by atoms with Crippen LogP contribution in [-0.4, -0.2) is 29.0 Å². The lowest BCUT2D eigenvalue weighted by atomic mass is 9.96. The summed E-state index contributed by atoms with van der Waals surface area (Å²) in [4.78, 5) is 29.1. The second-order valence-corrected chi connectivity index (χ2v) is 6.67. The van der Waals surface area contributed by atoms with E-state index in [9.17, 15) is 9.59 Å². The number of rotatable bonds is 4. The number of carbonyl (C=O) groups excluding carboxylic acids is 1. The number of carbonyl (C=O) groups is 1. The SMILES string of the molecule is CCCC1CCCN(C(=O)NCc2c(C)cc(C)[nH]c2=O)CC1. The zero-order valence-electron chi connectivity index (χ0n) is 14.6. The highest BCUT2D eigenvalue weighted by atomic mass is 16.2. The van der Waals surface area contributed by atoms with Gasteiger partial charge in [0.15, 0.2) is 0 Å². The minimum absolute atomic E-state index is 0.0541. The quantitative estimate of drug-likeness (QED) is 0.895. The Bertz CT molecular complexity index is 594. The van der Waals surface area contributed by atoms with Gasteiger partial charge in [0.25, 0.3) is 5.56 Å². The molecule has 1 saturated heterocycles. The van der Waals surface area contributed by atoms with Crippen molar-refractivity contribution in [2.45, 2.75) is 59.4 Å². The van der Waals surface area contributed by atoms with Crippen molar-refractivity contribution in [3.63, 3.8) is 0 Å². The van der Waals surface area contributed by atoms with Gasteiger partial charge in [0.1, 0.15) is 0 Å². The normalized spacial score (nSPS) is 18.6. The average molecular weight is 319 g/mol. The molecule has 128 valence electrons. The topological polar surface area (TPSA) is 65.2 Å². The molecule has 0 spiro atoms. The Kier molecular flexibility index (Phi) is 6.25. The fourth-order valence-electron chi connectivity index (χ4n) is 3.44. The van der Waals surface area contributed by atoms with E-state index >= 15 is 0 Å². The number of nitrogens with one attached hydrogen (secondary N) is 2. The molecule has 0 bridgehead atoms. The summed E-state index contributed by atoms with van der Waals surface area (Å²) in [5, 5.41) is 2.91. The van der Waals surface area contributed by atoms with Crippen LogP contribution in [0.4, 0.5) is 4.79 Å². The molecule has 0 aromatic carbocycles. The second kappa shape index (κ2) is 8.18. The Labute approximate surface area is 138 Å². The first kappa shape index (κ1) is 17.6. The van der Waals surface area contributed by atoms with Crippen molar-refractivity contribution < 1.29 is 4.79 Å². The first-order valence-corrected chi connectivity index (χ1v) is 8.73. The molecule has 0 radical (unpaired) electrons. The number of hydrogen-bond donors (Lipinski definition) is 2. The molecule has 2 N–H and O–H groups in total. The van der Waals surface area contributed by atoms with Crippen LogP contribution in [0, 0.1) is 19.8 Å². The lowest BCUT2D eigenvalue weighted by molar-refractivity contribution is 0.198. The molecule has 1 aromatic heterocycles. The number of aryl methyl sites for hydroxylation is 2. The first-order chi connectivity index (χ1) is 11.0. The lowest BCUT2D eigenvalue weighted by Crippen LogP contribution is -2.41. The number of aromatic amines is 1. The van der Waals surface area contributed by atoms with Crippen molar-refractivity contribution in [1.82, 2.24) is 15.2 Å². The highest BCUT2D eigenvalue weighted by Gasteiger charge is 2.20. The number of likely N-dealkylation sites (tertiary alicyclic amines) is 1. The molecule has 1 aliphatic rings. The van der Waals surface area contributed by atoms with Gasteiger partial charge in [-0.3, -0.25) is 4.79 Å². The van der Waals surface area contributed by atoms with E-state index in [2.05, 4.69) is 17.2 Å². The van der Waals surface area contributed by atoms with Gasteiger partial charge in [-0.15, -0.1) is 0 Å². The van der Waals surface area contributed by atoms with Crippen LogP contribution in [0.3, 0.4) is 0 Å². The van der Waals surface area contributed by atoms with Crippen molar-refractivity contribution >= 4 is 6.03 Å². The molecule has 1 aliphatic heterocycles. The van der Waals surface area contributed by atoms with Gasteiger partial charge in [-0.2, -0.15) is 0 Å². The van der Waals surface area contributed by atoms with E-state index in [1.165, 1.54) is 19.3 Å². The summed E-state index contributed by atoms with van der Waals surface area (Å²) in [5.41, 5.74) is 2.30. The molecule has 0 aliphatic carbocycles. The largest absolute Gasteiger partial charge is 0.334 e. The van der Waals surface area contributed by atoms with Gasteiger partial charge in [-0.25, -0.2) is 4.79 Å². The van der Waals surface area contributed by atoms with Crippen molar-refractivity contribution in [2.24, 2.45) is 5.92 Å². The van der Waals surface area contributed by atoms with Crippen molar-refractivity contribution in [3.05, 3.63) is 33.2 Å².